The van der Waals surface area contributed by atoms with Crippen LogP contribution in [-0.4, -0.2) is 34.1 Å². The Bertz CT molecular complexity index is 1200. The number of aromatic nitrogens is 2. The third-order valence-electron chi connectivity index (χ3n) is 5.22. The Kier molecular flexibility index (Phi) is 7.97. The number of ether oxygens (including phenoxy) is 1. The average molecular weight is 514 g/mol. The van der Waals surface area contributed by atoms with Gasteiger partial charge in [-0.05, 0) is 42.7 Å². The van der Waals surface area contributed by atoms with Gasteiger partial charge in [0.2, 0.25) is 5.95 Å². The second kappa shape index (κ2) is 10.6. The SMILES string of the molecule is Cc1ccc(Nc2cc(-c3cccc(OC(F)(F)F)c3)nc(N[C@H](CO)C(C)C)n2)cc1C(F)(F)F. The van der Waals surface area contributed by atoms with Crippen LogP contribution in [0.25, 0.3) is 11.3 Å². The van der Waals surface area contributed by atoms with E-state index >= 15 is 0 Å². The number of anilines is 3. The summed E-state index contributed by atoms with van der Waals surface area (Å²) in [5, 5.41) is 15.4. The standard InChI is InChI=1S/C24H24F6N4O2/c1-13(2)20(12-35)33-22-32-19(15-5-4-6-17(9-15)36-24(28,29)30)11-21(34-22)31-16-8-7-14(3)18(10-16)23(25,26)27/h4-11,13,20,35H,12H2,1-3H3,(H2,31,32,33,34)/t20-/m1/s1. The van der Waals surface area contributed by atoms with Gasteiger partial charge in [0.25, 0.3) is 0 Å². The van der Waals surface area contributed by atoms with Crippen LogP contribution < -0.4 is 15.4 Å². The third-order valence-corrected chi connectivity index (χ3v) is 5.22. The molecule has 0 radical (unpaired) electrons. The second-order valence-corrected chi connectivity index (χ2v) is 8.37. The number of nitrogens with zero attached hydrogens (tertiary/aromatic N) is 2. The van der Waals surface area contributed by atoms with Gasteiger partial charge < -0.3 is 20.5 Å². The van der Waals surface area contributed by atoms with Gasteiger partial charge in [0, 0.05) is 17.3 Å². The lowest BCUT2D eigenvalue weighted by Crippen LogP contribution is -2.30. The zero-order valence-corrected chi connectivity index (χ0v) is 19.5. The van der Waals surface area contributed by atoms with E-state index in [1.807, 2.05) is 13.8 Å². The number of hydrogen-bond acceptors (Lipinski definition) is 6. The zero-order chi connectivity index (χ0) is 26.7. The van der Waals surface area contributed by atoms with E-state index in [2.05, 4.69) is 25.3 Å². The topological polar surface area (TPSA) is 79.3 Å². The van der Waals surface area contributed by atoms with Crippen LogP contribution in [0, 0.1) is 12.8 Å². The Hall–Kier alpha value is -3.54. The summed E-state index contributed by atoms with van der Waals surface area (Å²) < 4.78 is 82.1. The van der Waals surface area contributed by atoms with Crippen molar-refractivity contribution in [1.82, 2.24) is 9.97 Å². The van der Waals surface area contributed by atoms with Gasteiger partial charge in [-0.25, -0.2) is 4.98 Å². The van der Waals surface area contributed by atoms with E-state index in [0.717, 1.165) is 18.2 Å². The summed E-state index contributed by atoms with van der Waals surface area (Å²) in [4.78, 5) is 8.62. The number of aliphatic hydroxyl groups excluding tert-OH is 1. The van der Waals surface area contributed by atoms with E-state index in [1.165, 1.54) is 37.3 Å². The van der Waals surface area contributed by atoms with Crippen LogP contribution in [-0.2, 0) is 6.18 Å². The number of nitrogens with one attached hydrogen (secondary N) is 2. The molecule has 3 N–H and O–H groups in total. The minimum absolute atomic E-state index is 0.0213. The lowest BCUT2D eigenvalue weighted by atomic mass is 10.1. The third kappa shape index (κ3) is 7.23. The van der Waals surface area contributed by atoms with Crippen LogP contribution in [0.5, 0.6) is 5.75 Å². The van der Waals surface area contributed by atoms with Gasteiger partial charge >= 0.3 is 12.5 Å². The van der Waals surface area contributed by atoms with Gasteiger partial charge in [0.15, 0.2) is 0 Å². The Balaban J connectivity index is 2.04. The van der Waals surface area contributed by atoms with Crippen molar-refractivity contribution in [2.45, 2.75) is 39.4 Å². The van der Waals surface area contributed by atoms with Gasteiger partial charge in [-0.3, -0.25) is 0 Å². The van der Waals surface area contributed by atoms with Crippen LogP contribution in [0.1, 0.15) is 25.0 Å². The van der Waals surface area contributed by atoms with Crippen molar-refractivity contribution in [3.05, 3.63) is 59.7 Å². The fourth-order valence-electron chi connectivity index (χ4n) is 3.32. The number of aliphatic hydroxyl groups is 1. The normalized spacial score (nSPS) is 13.0. The molecule has 0 bridgehead atoms. The molecule has 194 valence electrons. The van der Waals surface area contributed by atoms with Crippen molar-refractivity contribution >= 4 is 17.5 Å². The summed E-state index contributed by atoms with van der Waals surface area (Å²) in [5.41, 5.74) is -0.262. The molecule has 0 spiro atoms. The van der Waals surface area contributed by atoms with Crippen LogP contribution in [0.15, 0.2) is 48.5 Å². The highest BCUT2D eigenvalue weighted by Gasteiger charge is 2.33. The van der Waals surface area contributed by atoms with E-state index in [4.69, 9.17) is 0 Å². The highest BCUT2D eigenvalue weighted by atomic mass is 19.4. The summed E-state index contributed by atoms with van der Waals surface area (Å²) in [5.74, 6) is -0.393. The molecule has 1 aromatic heterocycles. The van der Waals surface area contributed by atoms with E-state index in [0.29, 0.717) is 0 Å². The van der Waals surface area contributed by atoms with E-state index < -0.39 is 29.9 Å². The predicted octanol–water partition coefficient (Wildman–Crippen LogP) is 6.54. The molecule has 3 aromatic rings. The van der Waals surface area contributed by atoms with E-state index in [1.54, 1.807) is 0 Å². The fourth-order valence-corrected chi connectivity index (χ4v) is 3.32. The van der Waals surface area contributed by atoms with E-state index in [-0.39, 0.29) is 46.8 Å². The molecule has 2 aromatic carbocycles. The molecule has 0 unspecified atom stereocenters. The number of rotatable bonds is 8. The second-order valence-electron chi connectivity index (χ2n) is 8.37. The molecule has 3 rings (SSSR count). The first kappa shape index (κ1) is 27.1. The molecule has 6 nitrogen and oxygen atoms in total. The minimum Gasteiger partial charge on any atom is -0.406 e. The molecule has 36 heavy (non-hydrogen) atoms. The summed E-state index contributed by atoms with van der Waals surface area (Å²) in [6.07, 6.45) is -9.45. The van der Waals surface area contributed by atoms with Gasteiger partial charge in [-0.1, -0.05) is 32.0 Å². The number of aryl methyl sites for hydroxylation is 1. The van der Waals surface area contributed by atoms with Crippen molar-refractivity contribution in [2.24, 2.45) is 5.92 Å². The zero-order valence-electron chi connectivity index (χ0n) is 19.5. The van der Waals surface area contributed by atoms with Gasteiger partial charge in [-0.15, -0.1) is 13.2 Å². The summed E-state index contributed by atoms with van der Waals surface area (Å²) >= 11 is 0. The molecule has 0 aliphatic heterocycles. The molecule has 0 fully saturated rings. The Morgan fingerprint density at radius 1 is 0.972 bits per heavy atom. The maximum Gasteiger partial charge on any atom is 0.573 e. The average Bonchev–Trinajstić information content (AvgIpc) is 2.76. The first-order valence-electron chi connectivity index (χ1n) is 10.8. The van der Waals surface area contributed by atoms with Crippen molar-refractivity contribution in [3.8, 4) is 17.0 Å². The van der Waals surface area contributed by atoms with Crippen LogP contribution in [0.4, 0.5) is 43.8 Å². The highest BCUT2D eigenvalue weighted by molar-refractivity contribution is 5.69. The maximum atomic E-state index is 13.4. The van der Waals surface area contributed by atoms with E-state index in [9.17, 15) is 31.4 Å². The molecular formula is C24H24F6N4O2. The monoisotopic (exact) mass is 514 g/mol. The largest absolute Gasteiger partial charge is 0.573 e. The molecule has 0 aliphatic rings. The molecule has 1 heterocycles. The van der Waals surface area contributed by atoms with Crippen LogP contribution in [0.2, 0.25) is 0 Å². The molecule has 0 saturated carbocycles. The maximum absolute atomic E-state index is 13.4. The van der Waals surface area contributed by atoms with Crippen molar-refractivity contribution in [2.75, 3.05) is 17.2 Å². The number of benzene rings is 2. The molecule has 0 saturated heterocycles. The predicted molar refractivity (Wildman–Crippen MR) is 123 cm³/mol. The molecular weight excluding hydrogens is 490 g/mol. The Morgan fingerprint density at radius 2 is 1.69 bits per heavy atom. The van der Waals surface area contributed by atoms with Crippen molar-refractivity contribution < 1.29 is 36.2 Å². The smallest absolute Gasteiger partial charge is 0.406 e. The van der Waals surface area contributed by atoms with Crippen molar-refractivity contribution in [1.29, 1.82) is 0 Å². The first-order chi connectivity index (χ1) is 16.7. The highest BCUT2D eigenvalue weighted by Crippen LogP contribution is 2.35. The first-order valence-corrected chi connectivity index (χ1v) is 10.8. The number of halogens is 6. The van der Waals surface area contributed by atoms with Crippen LogP contribution in [0.3, 0.4) is 0 Å². The number of hydrogen-bond donors (Lipinski definition) is 3. The quantitative estimate of drug-likeness (QED) is 0.296. The lowest BCUT2D eigenvalue weighted by Gasteiger charge is -2.21. The molecule has 12 heteroatoms. The Labute approximate surface area is 203 Å². The fraction of sp³-hybridized carbons (Fsp3) is 0.333. The lowest BCUT2D eigenvalue weighted by molar-refractivity contribution is -0.274. The summed E-state index contributed by atoms with van der Waals surface area (Å²) in [6.45, 7) is 4.78. The minimum atomic E-state index is -4.89. The van der Waals surface area contributed by atoms with Crippen molar-refractivity contribution in [3.63, 3.8) is 0 Å². The molecule has 1 atom stereocenters. The number of alkyl halides is 6. The van der Waals surface area contributed by atoms with Crippen LogP contribution >= 0.6 is 0 Å². The summed E-state index contributed by atoms with van der Waals surface area (Å²) in [7, 11) is 0. The Morgan fingerprint density at radius 3 is 2.31 bits per heavy atom. The molecule has 0 amide bonds. The van der Waals surface area contributed by atoms with Gasteiger partial charge in [0.05, 0.1) is 23.9 Å². The molecule has 0 aliphatic carbocycles. The van der Waals surface area contributed by atoms with Gasteiger partial charge in [0.1, 0.15) is 11.6 Å². The van der Waals surface area contributed by atoms with Gasteiger partial charge in [-0.2, -0.15) is 18.2 Å². The summed E-state index contributed by atoms with van der Waals surface area (Å²) in [6, 6.07) is 9.72.